The van der Waals surface area contributed by atoms with Crippen LogP contribution in [0.4, 0.5) is 0 Å². The van der Waals surface area contributed by atoms with Crippen LogP contribution in [0.3, 0.4) is 0 Å². The molecule has 0 amide bonds. The standard InChI is InChI=1S/C8H10.C2H6O.C2H6/c1-7-5-3-4-6-8(7)2;1-3-2;1-2/h3-6H,1-2H3;1-2H3;1-2H3. The molecule has 0 saturated carbocycles. The first kappa shape index (κ1) is 14.7. The van der Waals surface area contributed by atoms with Crippen LogP contribution in [0.5, 0.6) is 0 Å². The van der Waals surface area contributed by atoms with E-state index in [1.165, 1.54) is 11.1 Å². The normalized spacial score (nSPS) is 7.54. The van der Waals surface area contributed by atoms with Crippen LogP contribution in [0.1, 0.15) is 25.0 Å². The van der Waals surface area contributed by atoms with Crippen molar-refractivity contribution in [3.63, 3.8) is 0 Å². The maximum atomic E-state index is 4.25. The lowest BCUT2D eigenvalue weighted by atomic mass is 10.1. The zero-order valence-corrected chi connectivity index (χ0v) is 9.72. The number of benzene rings is 1. The zero-order chi connectivity index (χ0) is 10.7. The van der Waals surface area contributed by atoms with E-state index in [2.05, 4.69) is 42.8 Å². The Bertz CT molecular complexity index is 173. The highest BCUT2D eigenvalue weighted by molar-refractivity contribution is 5.23. The summed E-state index contributed by atoms with van der Waals surface area (Å²) in [4.78, 5) is 0. The van der Waals surface area contributed by atoms with E-state index in [0.717, 1.165) is 0 Å². The molecule has 0 N–H and O–H groups in total. The summed E-state index contributed by atoms with van der Waals surface area (Å²) >= 11 is 0. The van der Waals surface area contributed by atoms with Gasteiger partial charge >= 0.3 is 0 Å². The molecule has 0 aromatic heterocycles. The van der Waals surface area contributed by atoms with Gasteiger partial charge in [-0.25, -0.2) is 0 Å². The van der Waals surface area contributed by atoms with E-state index in [4.69, 9.17) is 0 Å². The number of aryl methyl sites for hydroxylation is 2. The first-order valence-electron chi connectivity index (χ1n) is 4.64. The van der Waals surface area contributed by atoms with Crippen molar-refractivity contribution in [2.45, 2.75) is 27.7 Å². The molecule has 0 heterocycles. The van der Waals surface area contributed by atoms with E-state index in [1.54, 1.807) is 14.2 Å². The van der Waals surface area contributed by atoms with Crippen LogP contribution in [-0.4, -0.2) is 14.2 Å². The molecule has 0 bridgehead atoms. The second-order valence-electron chi connectivity index (χ2n) is 2.49. The Morgan fingerprint density at radius 1 is 0.846 bits per heavy atom. The highest BCUT2D eigenvalue weighted by atomic mass is 16.4. The molecule has 0 saturated heterocycles. The fourth-order valence-corrected chi connectivity index (χ4v) is 0.663. The number of ether oxygens (including phenoxy) is 1. The van der Waals surface area contributed by atoms with Crippen molar-refractivity contribution in [2.24, 2.45) is 0 Å². The van der Waals surface area contributed by atoms with Crippen LogP contribution in [0.2, 0.25) is 0 Å². The molecule has 1 rings (SSSR count). The Labute approximate surface area is 82.7 Å². The molecule has 1 aromatic rings. The average molecular weight is 182 g/mol. The van der Waals surface area contributed by atoms with E-state index in [-0.39, 0.29) is 0 Å². The van der Waals surface area contributed by atoms with Crippen LogP contribution in [0.15, 0.2) is 24.3 Å². The van der Waals surface area contributed by atoms with Gasteiger partial charge in [0.05, 0.1) is 0 Å². The molecule has 0 radical (unpaired) electrons. The fraction of sp³-hybridized carbons (Fsp3) is 0.500. The third-order valence-corrected chi connectivity index (χ3v) is 1.43. The lowest BCUT2D eigenvalue weighted by Gasteiger charge is -1.93. The summed E-state index contributed by atoms with van der Waals surface area (Å²) < 4.78 is 4.25. The van der Waals surface area contributed by atoms with Crippen molar-refractivity contribution < 1.29 is 4.74 Å². The van der Waals surface area contributed by atoms with Gasteiger partial charge in [0.25, 0.3) is 0 Å². The summed E-state index contributed by atoms with van der Waals surface area (Å²) in [6, 6.07) is 8.36. The van der Waals surface area contributed by atoms with Crippen molar-refractivity contribution in [3.05, 3.63) is 35.4 Å². The second-order valence-corrected chi connectivity index (χ2v) is 2.49. The zero-order valence-electron chi connectivity index (χ0n) is 9.72. The highest BCUT2D eigenvalue weighted by Crippen LogP contribution is 2.02. The smallest absolute Gasteiger partial charge is 0.0351 e. The highest BCUT2D eigenvalue weighted by Gasteiger charge is 1.83. The van der Waals surface area contributed by atoms with Gasteiger partial charge in [-0.1, -0.05) is 38.1 Å². The number of hydrogen-bond donors (Lipinski definition) is 0. The monoisotopic (exact) mass is 182 g/mol. The first-order valence-corrected chi connectivity index (χ1v) is 4.64. The molecular weight excluding hydrogens is 160 g/mol. The third kappa shape index (κ3) is 9.09. The Balaban J connectivity index is 0. The summed E-state index contributed by atoms with van der Waals surface area (Å²) in [5.74, 6) is 0. The van der Waals surface area contributed by atoms with Gasteiger partial charge in [-0.15, -0.1) is 0 Å². The maximum Gasteiger partial charge on any atom is 0.0351 e. The lowest BCUT2D eigenvalue weighted by Crippen LogP contribution is -1.74. The molecule has 1 nitrogen and oxygen atoms in total. The molecule has 0 atom stereocenters. The Morgan fingerprint density at radius 3 is 1.23 bits per heavy atom. The second kappa shape index (κ2) is 11.2. The van der Waals surface area contributed by atoms with Crippen molar-refractivity contribution in [2.75, 3.05) is 14.2 Å². The molecule has 0 aliphatic carbocycles. The molecule has 13 heavy (non-hydrogen) atoms. The van der Waals surface area contributed by atoms with Gasteiger partial charge in [-0.3, -0.25) is 0 Å². The predicted molar refractivity (Wildman–Crippen MR) is 60.2 cm³/mol. The van der Waals surface area contributed by atoms with Crippen molar-refractivity contribution in [1.29, 1.82) is 0 Å². The van der Waals surface area contributed by atoms with Gasteiger partial charge in [0, 0.05) is 14.2 Å². The van der Waals surface area contributed by atoms with Crippen LogP contribution in [0, 0.1) is 13.8 Å². The van der Waals surface area contributed by atoms with Gasteiger partial charge < -0.3 is 4.74 Å². The van der Waals surface area contributed by atoms with E-state index < -0.39 is 0 Å². The molecule has 0 spiro atoms. The minimum Gasteiger partial charge on any atom is -0.388 e. The topological polar surface area (TPSA) is 9.23 Å². The van der Waals surface area contributed by atoms with Crippen LogP contribution < -0.4 is 0 Å². The summed E-state index contributed by atoms with van der Waals surface area (Å²) in [6.45, 7) is 8.24. The van der Waals surface area contributed by atoms with Gasteiger partial charge in [0.1, 0.15) is 0 Å². The fourth-order valence-electron chi connectivity index (χ4n) is 0.663. The molecule has 0 unspecified atom stereocenters. The van der Waals surface area contributed by atoms with E-state index >= 15 is 0 Å². The minimum atomic E-state index is 1.37. The minimum absolute atomic E-state index is 1.37. The molecular formula is C12H22O. The number of hydrogen-bond acceptors (Lipinski definition) is 1. The van der Waals surface area contributed by atoms with Crippen molar-refractivity contribution in [1.82, 2.24) is 0 Å². The number of rotatable bonds is 0. The maximum absolute atomic E-state index is 4.25. The molecule has 0 aliphatic heterocycles. The molecule has 1 aromatic carbocycles. The molecule has 0 aliphatic rings. The predicted octanol–water partition coefficient (Wildman–Crippen LogP) is 3.59. The molecule has 0 fully saturated rings. The van der Waals surface area contributed by atoms with Gasteiger partial charge in [-0.05, 0) is 25.0 Å². The first-order chi connectivity index (χ1) is 6.22. The van der Waals surface area contributed by atoms with Crippen molar-refractivity contribution in [3.8, 4) is 0 Å². The van der Waals surface area contributed by atoms with E-state index in [1.807, 2.05) is 13.8 Å². The van der Waals surface area contributed by atoms with Crippen LogP contribution in [-0.2, 0) is 4.74 Å². The summed E-state index contributed by atoms with van der Waals surface area (Å²) in [7, 11) is 3.25. The van der Waals surface area contributed by atoms with Gasteiger partial charge in [0.15, 0.2) is 0 Å². The van der Waals surface area contributed by atoms with Crippen LogP contribution in [0.25, 0.3) is 0 Å². The number of methoxy groups -OCH3 is 1. The summed E-state index contributed by atoms with van der Waals surface area (Å²) in [6.07, 6.45) is 0. The molecule has 1 heteroatoms. The summed E-state index contributed by atoms with van der Waals surface area (Å²) in [5.41, 5.74) is 2.74. The van der Waals surface area contributed by atoms with E-state index in [0.29, 0.717) is 0 Å². The SMILES string of the molecule is CC.COC.Cc1ccccc1C. The Kier molecular flexibility index (Phi) is 12.6. The quantitative estimate of drug-likeness (QED) is 0.595. The average Bonchev–Trinajstić information content (AvgIpc) is 2.15. The summed E-state index contributed by atoms with van der Waals surface area (Å²) in [5, 5.41) is 0. The largest absolute Gasteiger partial charge is 0.388 e. The lowest BCUT2D eigenvalue weighted by molar-refractivity contribution is 0.277. The van der Waals surface area contributed by atoms with Gasteiger partial charge in [-0.2, -0.15) is 0 Å². The van der Waals surface area contributed by atoms with Crippen LogP contribution >= 0.6 is 0 Å². The van der Waals surface area contributed by atoms with E-state index in [9.17, 15) is 0 Å². The molecule has 76 valence electrons. The third-order valence-electron chi connectivity index (χ3n) is 1.43. The van der Waals surface area contributed by atoms with Crippen molar-refractivity contribution >= 4 is 0 Å². The Hall–Kier alpha value is -0.820. The Morgan fingerprint density at radius 2 is 1.08 bits per heavy atom. The van der Waals surface area contributed by atoms with Gasteiger partial charge in [0.2, 0.25) is 0 Å².